The molecule has 13 heteroatoms. The fourth-order valence-electron chi connectivity index (χ4n) is 3.73. The van der Waals surface area contributed by atoms with Crippen molar-refractivity contribution in [1.29, 1.82) is 0 Å². The molecule has 11 nitrogen and oxygen atoms in total. The van der Waals surface area contributed by atoms with Gasteiger partial charge in [-0.1, -0.05) is 12.0 Å². The van der Waals surface area contributed by atoms with E-state index in [-0.39, 0.29) is 18.8 Å². The highest BCUT2D eigenvalue weighted by molar-refractivity contribution is 14.1. The third-order valence-electron chi connectivity index (χ3n) is 5.43. The van der Waals surface area contributed by atoms with Crippen LogP contribution in [-0.2, 0) is 9.53 Å². The van der Waals surface area contributed by atoms with Crippen LogP contribution in [0.5, 0.6) is 17.2 Å². The molecule has 0 spiro atoms. The second-order valence-corrected chi connectivity index (χ2v) is 10.2. The van der Waals surface area contributed by atoms with Gasteiger partial charge in [-0.05, 0) is 87.8 Å². The van der Waals surface area contributed by atoms with Gasteiger partial charge in [0, 0.05) is 5.70 Å². The predicted molar refractivity (Wildman–Crippen MR) is 160 cm³/mol. The van der Waals surface area contributed by atoms with Crippen molar-refractivity contribution < 1.29 is 33.6 Å². The average Bonchev–Trinajstić information content (AvgIpc) is 2.91. The van der Waals surface area contributed by atoms with E-state index in [1.54, 1.807) is 31.3 Å². The van der Waals surface area contributed by atoms with Crippen LogP contribution in [-0.4, -0.2) is 56.5 Å². The number of nitrogens with one attached hydrogen (secondary N) is 3. The highest BCUT2D eigenvalue weighted by Crippen LogP contribution is 2.35. The number of esters is 1. The summed E-state index contributed by atoms with van der Waals surface area (Å²) in [5.41, 5.74) is 4.62. The molecule has 2 aromatic carbocycles. The van der Waals surface area contributed by atoms with E-state index in [1.165, 1.54) is 7.11 Å². The second kappa shape index (κ2) is 14.8. The lowest BCUT2D eigenvalue weighted by Gasteiger charge is -2.28. The number of carbonyl (C=O) groups excluding carboxylic acids is 2. The van der Waals surface area contributed by atoms with Crippen molar-refractivity contribution >= 4 is 56.7 Å². The maximum absolute atomic E-state index is 12.4. The SMILES string of the molecule is C#CCOc1c(Br)cc(/C=N\N[C@H](O)COc2ccc([C@H]3NC(=O)NC(C)=C3C(=O)OC)cc2OCC)cc1I. The zero-order valence-electron chi connectivity index (χ0n) is 21.9. The molecule has 0 saturated carbocycles. The third-order valence-corrected chi connectivity index (χ3v) is 6.82. The lowest BCUT2D eigenvalue weighted by atomic mass is 9.95. The van der Waals surface area contributed by atoms with E-state index in [1.807, 2.05) is 19.1 Å². The number of terminal acetylenes is 1. The van der Waals surface area contributed by atoms with E-state index in [4.69, 9.17) is 25.4 Å². The number of rotatable bonds is 12. The number of ether oxygens (including phenoxy) is 4. The van der Waals surface area contributed by atoms with Crippen molar-refractivity contribution in [3.05, 3.63) is 60.8 Å². The summed E-state index contributed by atoms with van der Waals surface area (Å²) in [5, 5.41) is 19.7. The van der Waals surface area contributed by atoms with E-state index in [0.29, 0.717) is 35.1 Å². The van der Waals surface area contributed by atoms with Crippen molar-refractivity contribution in [2.75, 3.05) is 26.9 Å². The Bertz CT molecular complexity index is 1340. The minimum absolute atomic E-state index is 0.145. The van der Waals surface area contributed by atoms with Crippen molar-refractivity contribution in [3.63, 3.8) is 0 Å². The third kappa shape index (κ3) is 8.03. The zero-order chi connectivity index (χ0) is 29.2. The number of carbonyl (C=O) groups is 2. The van der Waals surface area contributed by atoms with Crippen LogP contribution in [0.15, 0.2) is 51.2 Å². The van der Waals surface area contributed by atoms with Crippen LogP contribution in [0.1, 0.15) is 31.0 Å². The molecule has 0 saturated heterocycles. The molecule has 1 heterocycles. The van der Waals surface area contributed by atoms with Gasteiger partial charge >= 0.3 is 12.0 Å². The zero-order valence-corrected chi connectivity index (χ0v) is 25.7. The lowest BCUT2D eigenvalue weighted by Crippen LogP contribution is -2.45. The molecule has 3 rings (SSSR count). The summed E-state index contributed by atoms with van der Waals surface area (Å²) in [6.45, 7) is 3.78. The highest BCUT2D eigenvalue weighted by Gasteiger charge is 2.32. The molecule has 40 heavy (non-hydrogen) atoms. The lowest BCUT2D eigenvalue weighted by molar-refractivity contribution is -0.136. The molecule has 2 amide bonds. The van der Waals surface area contributed by atoms with Crippen molar-refractivity contribution in [2.45, 2.75) is 26.1 Å². The number of methoxy groups -OCH3 is 1. The van der Waals surface area contributed by atoms with E-state index < -0.39 is 24.3 Å². The summed E-state index contributed by atoms with van der Waals surface area (Å²) < 4.78 is 23.5. The summed E-state index contributed by atoms with van der Waals surface area (Å²) in [5.74, 6) is 3.23. The average molecular weight is 727 g/mol. The standard InChI is InChI=1S/C27H28BrIN4O7/c1-5-9-39-25-18(28)10-16(11-19(25)29)13-30-33-22(34)14-40-20-8-7-17(12-21(20)38-6-2)24-23(26(35)37-4)15(3)31-27(36)32-24/h1,7-8,10-13,22,24,33-34H,6,9,14H2,2-4H3,(H2,31,32,36)/b30-13-/t22-,24-/m1/s1. The molecular weight excluding hydrogens is 699 g/mol. The maximum atomic E-state index is 12.4. The van der Waals surface area contributed by atoms with E-state index >= 15 is 0 Å². The van der Waals surface area contributed by atoms with Gasteiger partial charge in [0.15, 0.2) is 17.7 Å². The van der Waals surface area contributed by atoms with Gasteiger partial charge in [0.1, 0.15) is 19.0 Å². The molecular formula is C27H28BrIN4O7. The van der Waals surface area contributed by atoms with Crippen LogP contribution in [0, 0.1) is 15.9 Å². The number of hydrogen-bond acceptors (Lipinski definition) is 9. The highest BCUT2D eigenvalue weighted by atomic mass is 127. The number of halogens is 2. The Labute approximate surface area is 253 Å². The minimum Gasteiger partial charge on any atom is -0.490 e. The Morgan fingerprint density at radius 1 is 1.30 bits per heavy atom. The number of amides is 2. The first-order chi connectivity index (χ1) is 19.2. The van der Waals surface area contributed by atoms with Crippen LogP contribution in [0.4, 0.5) is 4.79 Å². The van der Waals surface area contributed by atoms with E-state index in [9.17, 15) is 14.7 Å². The summed E-state index contributed by atoms with van der Waals surface area (Å²) in [6.07, 6.45) is 5.67. The Morgan fingerprint density at radius 3 is 2.75 bits per heavy atom. The summed E-state index contributed by atoms with van der Waals surface area (Å²) in [7, 11) is 1.27. The van der Waals surface area contributed by atoms with Gasteiger partial charge in [-0.15, -0.1) is 6.42 Å². The van der Waals surface area contributed by atoms with Crippen molar-refractivity contribution in [3.8, 4) is 29.6 Å². The molecule has 2 atom stereocenters. The quantitative estimate of drug-likeness (QED) is 0.0651. The summed E-state index contributed by atoms with van der Waals surface area (Å²) in [4.78, 5) is 24.5. The van der Waals surface area contributed by atoms with Crippen LogP contribution in [0.3, 0.4) is 0 Å². The molecule has 0 unspecified atom stereocenters. The summed E-state index contributed by atoms with van der Waals surface area (Å²) >= 11 is 5.59. The van der Waals surface area contributed by atoms with Gasteiger partial charge in [-0.3, -0.25) is 5.43 Å². The van der Waals surface area contributed by atoms with Gasteiger partial charge in [0.2, 0.25) is 0 Å². The number of urea groups is 1. The maximum Gasteiger partial charge on any atom is 0.337 e. The van der Waals surface area contributed by atoms with Crippen molar-refractivity contribution in [1.82, 2.24) is 16.1 Å². The second-order valence-electron chi connectivity index (χ2n) is 8.22. The van der Waals surface area contributed by atoms with Gasteiger partial charge in [0.25, 0.3) is 0 Å². The van der Waals surface area contributed by atoms with Gasteiger partial charge in [0.05, 0.1) is 39.6 Å². The number of nitrogens with zero attached hydrogens (tertiary/aromatic N) is 1. The molecule has 0 bridgehead atoms. The predicted octanol–water partition coefficient (Wildman–Crippen LogP) is 3.59. The van der Waals surface area contributed by atoms with E-state index in [0.717, 1.165) is 13.6 Å². The van der Waals surface area contributed by atoms with E-state index in [2.05, 4.69) is 65.6 Å². The molecule has 1 aliphatic rings. The normalized spacial score (nSPS) is 15.5. The van der Waals surface area contributed by atoms with Crippen LogP contribution >= 0.6 is 38.5 Å². The van der Waals surface area contributed by atoms with Crippen LogP contribution in [0.25, 0.3) is 0 Å². The molecule has 0 aromatic heterocycles. The number of hydrazone groups is 1. The Balaban J connectivity index is 1.68. The fourth-order valence-corrected chi connectivity index (χ4v) is 5.49. The smallest absolute Gasteiger partial charge is 0.337 e. The van der Waals surface area contributed by atoms with Crippen LogP contribution < -0.4 is 30.3 Å². The topological polar surface area (TPSA) is 140 Å². The Hall–Kier alpha value is -3.48. The largest absolute Gasteiger partial charge is 0.490 e. The van der Waals surface area contributed by atoms with Gasteiger partial charge < -0.3 is 34.7 Å². The number of benzene rings is 2. The number of allylic oxidation sites excluding steroid dienone is 1. The van der Waals surface area contributed by atoms with Gasteiger partial charge in [-0.25, -0.2) is 9.59 Å². The number of hydrogen-bond donors (Lipinski definition) is 4. The monoisotopic (exact) mass is 726 g/mol. The molecule has 2 aromatic rings. The molecule has 0 radical (unpaired) electrons. The molecule has 0 aliphatic carbocycles. The first-order valence-electron chi connectivity index (χ1n) is 12.0. The Morgan fingerprint density at radius 2 is 2.08 bits per heavy atom. The Kier molecular flexibility index (Phi) is 11.5. The minimum atomic E-state index is -1.13. The van der Waals surface area contributed by atoms with Crippen molar-refractivity contribution in [2.24, 2.45) is 5.10 Å². The molecule has 212 valence electrons. The summed E-state index contributed by atoms with van der Waals surface area (Å²) in [6, 6.07) is 7.46. The molecule has 4 N–H and O–H groups in total. The molecule has 1 aliphatic heterocycles. The van der Waals surface area contributed by atoms with Crippen LogP contribution in [0.2, 0.25) is 0 Å². The molecule has 0 fully saturated rings. The van der Waals surface area contributed by atoms with Gasteiger partial charge in [-0.2, -0.15) is 5.10 Å². The first kappa shape index (κ1) is 31.1. The number of aliphatic hydroxyl groups is 1. The first-order valence-corrected chi connectivity index (χ1v) is 13.8. The fraction of sp³-hybridized carbons (Fsp3) is 0.296. The number of aliphatic hydroxyl groups excluding tert-OH is 1.